The normalized spacial score (nSPS) is 21.6. The highest BCUT2D eigenvalue weighted by Gasteiger charge is 2.32. The minimum absolute atomic E-state index is 0.138. The molecule has 0 spiro atoms. The van der Waals surface area contributed by atoms with Crippen LogP contribution in [0, 0.1) is 12.7 Å². The van der Waals surface area contributed by atoms with E-state index >= 15 is 0 Å². The monoisotopic (exact) mass is 308 g/mol. The molecular formula is C17H25FN2O2. The summed E-state index contributed by atoms with van der Waals surface area (Å²) in [6.07, 6.45) is 2.35. The van der Waals surface area contributed by atoms with Crippen LogP contribution in [0.1, 0.15) is 38.7 Å². The number of aryl methyl sites for hydroxylation is 1. The Labute approximate surface area is 131 Å². The molecule has 2 N–H and O–H groups in total. The molecule has 0 radical (unpaired) electrons. The van der Waals surface area contributed by atoms with Gasteiger partial charge in [0, 0.05) is 11.7 Å². The van der Waals surface area contributed by atoms with Crippen molar-refractivity contribution in [2.45, 2.75) is 58.2 Å². The third kappa shape index (κ3) is 4.05. The van der Waals surface area contributed by atoms with E-state index in [-0.39, 0.29) is 29.9 Å². The summed E-state index contributed by atoms with van der Waals surface area (Å²) in [5.74, 6) is -0.459. The molecule has 0 bridgehead atoms. The summed E-state index contributed by atoms with van der Waals surface area (Å²) >= 11 is 0. The Hall–Kier alpha value is -1.46. The average Bonchev–Trinajstić information content (AvgIpc) is 2.89. The summed E-state index contributed by atoms with van der Waals surface area (Å²) in [5, 5.41) is 12.4. The van der Waals surface area contributed by atoms with Crippen molar-refractivity contribution in [3.8, 4) is 0 Å². The number of hydrogen-bond donors (Lipinski definition) is 2. The molecule has 22 heavy (non-hydrogen) atoms. The van der Waals surface area contributed by atoms with Gasteiger partial charge in [-0.25, -0.2) is 4.39 Å². The van der Waals surface area contributed by atoms with E-state index in [1.807, 2.05) is 6.92 Å². The number of amides is 1. The summed E-state index contributed by atoms with van der Waals surface area (Å²) in [5.41, 5.74) is 1.04. The van der Waals surface area contributed by atoms with Gasteiger partial charge in [0.1, 0.15) is 5.82 Å². The molecule has 3 unspecified atom stereocenters. The van der Waals surface area contributed by atoms with Crippen LogP contribution >= 0.6 is 0 Å². The Bertz CT molecular complexity index is 533. The van der Waals surface area contributed by atoms with Crippen molar-refractivity contribution >= 4 is 11.6 Å². The van der Waals surface area contributed by atoms with E-state index < -0.39 is 0 Å². The van der Waals surface area contributed by atoms with E-state index in [1.165, 1.54) is 6.07 Å². The number of aliphatic hydroxyl groups excluding tert-OH is 1. The molecule has 3 atom stereocenters. The second kappa shape index (κ2) is 7.20. The molecular weight excluding hydrogens is 283 g/mol. The average molecular weight is 308 g/mol. The molecule has 122 valence electrons. The van der Waals surface area contributed by atoms with Crippen LogP contribution in [0.4, 0.5) is 10.1 Å². The highest BCUT2D eigenvalue weighted by Crippen LogP contribution is 2.24. The van der Waals surface area contributed by atoms with E-state index in [0.717, 1.165) is 19.4 Å². The van der Waals surface area contributed by atoms with E-state index in [4.69, 9.17) is 0 Å². The van der Waals surface area contributed by atoms with Crippen LogP contribution in [0.5, 0.6) is 0 Å². The number of rotatable bonds is 5. The topological polar surface area (TPSA) is 52.6 Å². The molecule has 5 heteroatoms. The number of anilines is 1. The van der Waals surface area contributed by atoms with Crippen LogP contribution in [0.15, 0.2) is 18.2 Å². The van der Waals surface area contributed by atoms with E-state index in [1.54, 1.807) is 26.0 Å². The summed E-state index contributed by atoms with van der Waals surface area (Å²) in [6.45, 7) is 6.18. The molecule has 1 fully saturated rings. The number of hydrogen-bond acceptors (Lipinski definition) is 3. The van der Waals surface area contributed by atoms with Crippen LogP contribution in [0.25, 0.3) is 0 Å². The molecule has 1 aliphatic heterocycles. The van der Waals surface area contributed by atoms with Crippen molar-refractivity contribution in [3.63, 3.8) is 0 Å². The van der Waals surface area contributed by atoms with Crippen molar-refractivity contribution < 1.29 is 14.3 Å². The molecule has 0 aromatic heterocycles. The number of nitrogens with zero attached hydrogens (tertiary/aromatic N) is 1. The van der Waals surface area contributed by atoms with Gasteiger partial charge in [0.25, 0.3) is 0 Å². The molecule has 4 nitrogen and oxygen atoms in total. The first-order valence-electron chi connectivity index (χ1n) is 7.89. The van der Waals surface area contributed by atoms with Crippen LogP contribution in [-0.4, -0.2) is 40.6 Å². The summed E-state index contributed by atoms with van der Waals surface area (Å²) < 4.78 is 13.5. The van der Waals surface area contributed by atoms with Crippen molar-refractivity contribution in [1.29, 1.82) is 0 Å². The Morgan fingerprint density at radius 2 is 2.23 bits per heavy atom. The zero-order valence-electron chi connectivity index (χ0n) is 13.5. The number of carbonyl (C=O) groups excluding carboxylic acids is 1. The molecule has 1 aliphatic rings. The van der Waals surface area contributed by atoms with Crippen molar-refractivity contribution in [2.24, 2.45) is 0 Å². The lowest BCUT2D eigenvalue weighted by molar-refractivity contribution is -0.121. The van der Waals surface area contributed by atoms with Gasteiger partial charge in [0.05, 0.1) is 12.1 Å². The first-order valence-corrected chi connectivity index (χ1v) is 7.89. The molecule has 1 aromatic carbocycles. The molecule has 1 amide bonds. The maximum atomic E-state index is 13.5. The third-order valence-corrected chi connectivity index (χ3v) is 4.35. The number of benzene rings is 1. The van der Waals surface area contributed by atoms with Gasteiger partial charge in [-0.1, -0.05) is 6.07 Å². The molecule has 1 heterocycles. The van der Waals surface area contributed by atoms with Gasteiger partial charge >= 0.3 is 0 Å². The summed E-state index contributed by atoms with van der Waals surface area (Å²) in [6, 6.07) is 4.64. The number of likely N-dealkylation sites (tertiary alicyclic amines) is 1. The van der Waals surface area contributed by atoms with Crippen LogP contribution in [0.2, 0.25) is 0 Å². The lowest BCUT2D eigenvalue weighted by Crippen LogP contribution is -2.45. The van der Waals surface area contributed by atoms with Gasteiger partial charge < -0.3 is 10.4 Å². The predicted octanol–water partition coefficient (Wildman–Crippen LogP) is 2.70. The maximum absolute atomic E-state index is 13.5. The zero-order valence-corrected chi connectivity index (χ0v) is 13.5. The van der Waals surface area contributed by atoms with Crippen LogP contribution in [0.3, 0.4) is 0 Å². The van der Waals surface area contributed by atoms with Crippen LogP contribution < -0.4 is 5.32 Å². The second-order valence-electron chi connectivity index (χ2n) is 6.25. The van der Waals surface area contributed by atoms with Crippen molar-refractivity contribution in [1.82, 2.24) is 4.90 Å². The summed E-state index contributed by atoms with van der Waals surface area (Å²) in [7, 11) is 0. The zero-order chi connectivity index (χ0) is 16.3. The van der Waals surface area contributed by atoms with Gasteiger partial charge in [-0.3, -0.25) is 9.69 Å². The van der Waals surface area contributed by atoms with Crippen LogP contribution in [-0.2, 0) is 4.79 Å². The highest BCUT2D eigenvalue weighted by molar-refractivity contribution is 5.94. The minimum Gasteiger partial charge on any atom is -0.393 e. The molecule has 0 saturated carbocycles. The van der Waals surface area contributed by atoms with Crippen molar-refractivity contribution in [2.75, 3.05) is 11.9 Å². The third-order valence-electron chi connectivity index (χ3n) is 4.35. The Morgan fingerprint density at radius 3 is 2.86 bits per heavy atom. The predicted molar refractivity (Wildman–Crippen MR) is 85.3 cm³/mol. The molecule has 2 rings (SSSR count). The smallest absolute Gasteiger partial charge is 0.241 e. The molecule has 1 saturated heterocycles. The fraction of sp³-hybridized carbons (Fsp3) is 0.588. The van der Waals surface area contributed by atoms with Gasteiger partial charge in [-0.2, -0.15) is 0 Å². The van der Waals surface area contributed by atoms with Gasteiger partial charge in [-0.05, 0) is 64.3 Å². The lowest BCUT2D eigenvalue weighted by atomic mass is 10.1. The SMILES string of the molecule is Cc1ccc(NC(=O)C(C)N2CCCC2CC(C)O)cc1F. The van der Waals surface area contributed by atoms with E-state index in [0.29, 0.717) is 17.7 Å². The fourth-order valence-electron chi connectivity index (χ4n) is 3.08. The van der Waals surface area contributed by atoms with Gasteiger partial charge in [0.2, 0.25) is 5.91 Å². The maximum Gasteiger partial charge on any atom is 0.241 e. The lowest BCUT2D eigenvalue weighted by Gasteiger charge is -2.30. The first kappa shape index (κ1) is 16.9. The Balaban J connectivity index is 2.00. The van der Waals surface area contributed by atoms with E-state index in [9.17, 15) is 14.3 Å². The highest BCUT2D eigenvalue weighted by atomic mass is 19.1. The minimum atomic E-state index is -0.368. The van der Waals surface area contributed by atoms with E-state index in [2.05, 4.69) is 10.2 Å². The number of aliphatic hydroxyl groups is 1. The Kier molecular flexibility index (Phi) is 5.53. The molecule has 1 aromatic rings. The van der Waals surface area contributed by atoms with Gasteiger partial charge in [-0.15, -0.1) is 0 Å². The number of carbonyl (C=O) groups is 1. The number of halogens is 1. The quantitative estimate of drug-likeness (QED) is 0.879. The Morgan fingerprint density at radius 1 is 1.50 bits per heavy atom. The second-order valence-corrected chi connectivity index (χ2v) is 6.25. The first-order chi connectivity index (χ1) is 10.4. The fourth-order valence-corrected chi connectivity index (χ4v) is 3.08. The summed E-state index contributed by atoms with van der Waals surface area (Å²) in [4.78, 5) is 14.5. The van der Waals surface area contributed by atoms with Gasteiger partial charge in [0.15, 0.2) is 0 Å². The largest absolute Gasteiger partial charge is 0.393 e. The number of nitrogens with one attached hydrogen (secondary N) is 1. The standard InChI is InChI=1S/C17H25FN2O2/c1-11-6-7-14(10-16(11)18)19-17(22)13(3)20-8-4-5-15(20)9-12(2)21/h6-7,10,12-13,15,21H,4-5,8-9H2,1-3H3,(H,19,22). The molecule has 0 aliphatic carbocycles. The van der Waals surface area contributed by atoms with Crippen molar-refractivity contribution in [3.05, 3.63) is 29.6 Å².